The molecule has 3 rings (SSSR count). The summed E-state index contributed by atoms with van der Waals surface area (Å²) in [5, 5.41) is 18.6. The van der Waals surface area contributed by atoms with Gasteiger partial charge >= 0.3 is 5.97 Å². The van der Waals surface area contributed by atoms with E-state index in [9.17, 15) is 4.79 Å². The second-order valence-electron chi connectivity index (χ2n) is 6.03. The normalized spacial score (nSPS) is 12.1. The quantitative estimate of drug-likeness (QED) is 0.561. The van der Waals surface area contributed by atoms with Gasteiger partial charge in [0.05, 0.1) is 18.3 Å². The van der Waals surface area contributed by atoms with Gasteiger partial charge in [0.2, 0.25) is 0 Å². The third kappa shape index (κ3) is 5.32. The first-order chi connectivity index (χ1) is 13.0. The van der Waals surface area contributed by atoms with Gasteiger partial charge in [-0.25, -0.2) is 0 Å². The van der Waals surface area contributed by atoms with Gasteiger partial charge < -0.3 is 15.4 Å². The fraction of sp³-hybridized carbons (Fsp3) is 0.211. The fourth-order valence-electron chi connectivity index (χ4n) is 2.69. The zero-order valence-corrected chi connectivity index (χ0v) is 16.0. The summed E-state index contributed by atoms with van der Waals surface area (Å²) in [6.07, 6.45) is 0.577. The predicted molar refractivity (Wildman–Crippen MR) is 106 cm³/mol. The van der Waals surface area contributed by atoms with E-state index in [0.29, 0.717) is 29.0 Å². The first-order valence-electron chi connectivity index (χ1n) is 8.34. The molecule has 0 saturated carbocycles. The number of nitrogens with zero attached hydrogens (tertiary/aromatic N) is 3. The number of thioether (sulfide) groups is 1. The maximum atomic E-state index is 10.9. The van der Waals surface area contributed by atoms with Crippen LogP contribution in [0.2, 0.25) is 5.02 Å². The molecule has 0 saturated heterocycles. The van der Waals surface area contributed by atoms with Gasteiger partial charge in [0, 0.05) is 5.02 Å². The van der Waals surface area contributed by atoms with Gasteiger partial charge in [0.25, 0.3) is 0 Å². The lowest BCUT2D eigenvalue weighted by Crippen LogP contribution is -2.20. The Labute approximate surface area is 166 Å². The summed E-state index contributed by atoms with van der Waals surface area (Å²) < 4.78 is 1.89. The van der Waals surface area contributed by atoms with E-state index < -0.39 is 5.97 Å². The highest BCUT2D eigenvalue weighted by atomic mass is 35.5. The minimum absolute atomic E-state index is 0.0840. The molecule has 27 heavy (non-hydrogen) atoms. The molecule has 1 atom stereocenters. The molecule has 0 aliphatic carbocycles. The van der Waals surface area contributed by atoms with Crippen molar-refractivity contribution in [2.45, 2.75) is 24.2 Å². The van der Waals surface area contributed by atoms with Crippen molar-refractivity contribution in [3.05, 3.63) is 76.6 Å². The van der Waals surface area contributed by atoms with Gasteiger partial charge in [0.1, 0.15) is 0 Å². The number of rotatable bonds is 8. The van der Waals surface area contributed by atoms with Crippen LogP contribution in [0.5, 0.6) is 0 Å². The van der Waals surface area contributed by atoms with E-state index in [4.69, 9.17) is 22.4 Å². The summed E-state index contributed by atoms with van der Waals surface area (Å²) in [6, 6.07) is 17.0. The second kappa shape index (κ2) is 9.03. The Kier molecular flexibility index (Phi) is 6.49. The second-order valence-corrected chi connectivity index (χ2v) is 7.41. The lowest BCUT2D eigenvalue weighted by atomic mass is 10.1. The molecule has 1 aromatic heterocycles. The number of hydrogen-bond donors (Lipinski definition) is 2. The number of carbonyl (C=O) groups is 1. The van der Waals surface area contributed by atoms with Gasteiger partial charge in [-0.2, -0.15) is 0 Å². The lowest BCUT2D eigenvalue weighted by Gasteiger charge is -2.15. The molecule has 0 fully saturated rings. The Hall–Kier alpha value is -2.35. The standard InChI is InChI=1S/C19H19ClN4O2S/c20-15-8-6-13(7-9-15)10-16(21)18-22-23-19(27-12-17(25)26)24(18)11-14-4-2-1-3-5-14/h1-9,16H,10-12,21H2,(H,25,26). The smallest absolute Gasteiger partial charge is 0.313 e. The summed E-state index contributed by atoms with van der Waals surface area (Å²) >= 11 is 7.07. The Morgan fingerprint density at radius 2 is 1.81 bits per heavy atom. The highest BCUT2D eigenvalue weighted by Crippen LogP contribution is 2.23. The molecule has 0 spiro atoms. The highest BCUT2D eigenvalue weighted by Gasteiger charge is 2.20. The molecule has 1 heterocycles. The van der Waals surface area contributed by atoms with E-state index in [1.54, 1.807) is 0 Å². The number of halogens is 1. The molecular weight excluding hydrogens is 384 g/mol. The van der Waals surface area contributed by atoms with Crippen LogP contribution in [0.25, 0.3) is 0 Å². The van der Waals surface area contributed by atoms with Crippen molar-refractivity contribution < 1.29 is 9.90 Å². The van der Waals surface area contributed by atoms with Crippen LogP contribution in [0.1, 0.15) is 23.0 Å². The maximum Gasteiger partial charge on any atom is 0.313 e. The Morgan fingerprint density at radius 3 is 2.48 bits per heavy atom. The number of carboxylic acids is 1. The summed E-state index contributed by atoms with van der Waals surface area (Å²) in [5.74, 6) is -0.359. The van der Waals surface area contributed by atoms with Gasteiger partial charge in [-0.15, -0.1) is 10.2 Å². The monoisotopic (exact) mass is 402 g/mol. The van der Waals surface area contributed by atoms with Crippen LogP contribution in [0, 0.1) is 0 Å². The lowest BCUT2D eigenvalue weighted by molar-refractivity contribution is -0.133. The van der Waals surface area contributed by atoms with Crippen LogP contribution in [0.3, 0.4) is 0 Å². The number of carboxylic acid groups (broad SMARTS) is 1. The topological polar surface area (TPSA) is 94.0 Å². The van der Waals surface area contributed by atoms with Crippen molar-refractivity contribution in [3.8, 4) is 0 Å². The van der Waals surface area contributed by atoms with E-state index in [1.165, 1.54) is 0 Å². The number of aliphatic carboxylic acids is 1. The number of hydrogen-bond acceptors (Lipinski definition) is 5. The number of aromatic nitrogens is 3. The van der Waals surface area contributed by atoms with Gasteiger partial charge in [-0.1, -0.05) is 65.8 Å². The molecule has 6 nitrogen and oxygen atoms in total. The van der Waals surface area contributed by atoms with Crippen LogP contribution in [0.4, 0.5) is 0 Å². The molecule has 0 aliphatic heterocycles. The van der Waals surface area contributed by atoms with E-state index in [1.807, 2.05) is 59.2 Å². The largest absolute Gasteiger partial charge is 0.481 e. The molecule has 0 aliphatic rings. The van der Waals surface area contributed by atoms with Crippen LogP contribution >= 0.6 is 23.4 Å². The molecule has 8 heteroatoms. The number of benzene rings is 2. The molecular formula is C19H19ClN4O2S. The molecule has 0 amide bonds. The third-order valence-electron chi connectivity index (χ3n) is 3.95. The maximum absolute atomic E-state index is 10.9. The Bertz CT molecular complexity index is 900. The Balaban J connectivity index is 1.86. The predicted octanol–water partition coefficient (Wildman–Crippen LogP) is 3.40. The highest BCUT2D eigenvalue weighted by molar-refractivity contribution is 7.99. The molecule has 0 radical (unpaired) electrons. The average molecular weight is 403 g/mol. The zero-order valence-electron chi connectivity index (χ0n) is 14.5. The van der Waals surface area contributed by atoms with Crippen LogP contribution in [-0.2, 0) is 17.8 Å². The van der Waals surface area contributed by atoms with Crippen molar-refractivity contribution in [1.82, 2.24) is 14.8 Å². The summed E-state index contributed by atoms with van der Waals surface area (Å²) in [4.78, 5) is 10.9. The fourth-order valence-corrected chi connectivity index (χ4v) is 3.48. The molecule has 3 N–H and O–H groups in total. The molecule has 0 bridgehead atoms. The first-order valence-corrected chi connectivity index (χ1v) is 9.71. The molecule has 140 valence electrons. The summed E-state index contributed by atoms with van der Waals surface area (Å²) in [6.45, 7) is 0.527. The zero-order chi connectivity index (χ0) is 19.2. The Morgan fingerprint density at radius 1 is 1.11 bits per heavy atom. The summed E-state index contributed by atoms with van der Waals surface area (Å²) in [5.41, 5.74) is 8.51. The van der Waals surface area contributed by atoms with Crippen molar-refractivity contribution >= 4 is 29.3 Å². The first kappa shape index (κ1) is 19.4. The number of nitrogens with two attached hydrogens (primary N) is 1. The molecule has 3 aromatic rings. The van der Waals surface area contributed by atoms with E-state index in [2.05, 4.69) is 10.2 Å². The van der Waals surface area contributed by atoms with Gasteiger partial charge in [0.15, 0.2) is 11.0 Å². The van der Waals surface area contributed by atoms with Crippen LogP contribution in [-0.4, -0.2) is 31.6 Å². The summed E-state index contributed by atoms with van der Waals surface area (Å²) in [7, 11) is 0. The van der Waals surface area contributed by atoms with E-state index in [-0.39, 0.29) is 11.8 Å². The average Bonchev–Trinajstić information content (AvgIpc) is 3.05. The van der Waals surface area contributed by atoms with Crippen LogP contribution < -0.4 is 5.73 Å². The third-order valence-corrected chi connectivity index (χ3v) is 5.16. The SMILES string of the molecule is NC(Cc1ccc(Cl)cc1)c1nnc(SCC(=O)O)n1Cc1ccccc1. The van der Waals surface area contributed by atoms with E-state index in [0.717, 1.165) is 22.9 Å². The molecule has 1 unspecified atom stereocenters. The minimum atomic E-state index is -0.902. The molecule has 2 aromatic carbocycles. The van der Waals surface area contributed by atoms with Crippen molar-refractivity contribution in [2.24, 2.45) is 5.73 Å². The minimum Gasteiger partial charge on any atom is -0.481 e. The van der Waals surface area contributed by atoms with Gasteiger partial charge in [-0.3, -0.25) is 4.79 Å². The van der Waals surface area contributed by atoms with Crippen molar-refractivity contribution in [1.29, 1.82) is 0 Å². The van der Waals surface area contributed by atoms with E-state index >= 15 is 0 Å². The van der Waals surface area contributed by atoms with Crippen LogP contribution in [0.15, 0.2) is 59.8 Å². The van der Waals surface area contributed by atoms with Crippen molar-refractivity contribution in [3.63, 3.8) is 0 Å². The van der Waals surface area contributed by atoms with Crippen molar-refractivity contribution in [2.75, 3.05) is 5.75 Å². The van der Waals surface area contributed by atoms with Gasteiger partial charge in [-0.05, 0) is 29.7 Å².